The summed E-state index contributed by atoms with van der Waals surface area (Å²) in [5.74, 6) is 0.305. The molecular weight excluding hydrogens is 312 g/mol. The summed E-state index contributed by atoms with van der Waals surface area (Å²) >= 11 is 0. The maximum Gasteiger partial charge on any atom is 0.537 e. The first-order valence-electron chi connectivity index (χ1n) is 8.40. The molecule has 1 atom stereocenters. The predicted octanol–water partition coefficient (Wildman–Crippen LogP) is 2.98. The fourth-order valence-electron chi connectivity index (χ4n) is 2.59. The zero-order valence-corrected chi connectivity index (χ0v) is 15.8. The lowest BCUT2D eigenvalue weighted by Gasteiger charge is -2.36. The molecular formula is C17H28O5Si. The summed E-state index contributed by atoms with van der Waals surface area (Å²) in [7, 11) is -2.89. The maximum atomic E-state index is 5.99. The van der Waals surface area contributed by atoms with Crippen LogP contribution in [0.15, 0.2) is 18.2 Å². The molecule has 5 nitrogen and oxygen atoms in total. The van der Waals surface area contributed by atoms with E-state index in [0.717, 1.165) is 22.9 Å². The Kier molecular flexibility index (Phi) is 6.22. The third-order valence-corrected chi connectivity index (χ3v) is 6.94. The molecule has 2 rings (SSSR count). The Morgan fingerprint density at radius 3 is 2.17 bits per heavy atom. The highest BCUT2D eigenvalue weighted by Crippen LogP contribution is 2.32. The summed E-state index contributed by atoms with van der Waals surface area (Å²) in [6.07, 6.45) is 0.795. The lowest BCUT2D eigenvalue weighted by atomic mass is 10.1. The number of benzene rings is 1. The Balaban J connectivity index is 2.35. The first-order valence-corrected chi connectivity index (χ1v) is 10.1. The Morgan fingerprint density at radius 2 is 1.65 bits per heavy atom. The maximum absolute atomic E-state index is 5.99. The van der Waals surface area contributed by atoms with Gasteiger partial charge in [0.2, 0.25) is 5.79 Å². The van der Waals surface area contributed by atoms with E-state index in [1.54, 1.807) is 0 Å². The smallest absolute Gasteiger partial charge is 0.462 e. The van der Waals surface area contributed by atoms with E-state index >= 15 is 0 Å². The Morgan fingerprint density at radius 1 is 1.04 bits per heavy atom. The van der Waals surface area contributed by atoms with Gasteiger partial charge in [0.25, 0.3) is 0 Å². The molecule has 1 aliphatic heterocycles. The molecule has 130 valence electrons. The minimum absolute atomic E-state index is 0.516. The molecule has 0 amide bonds. The SMILES string of the molecule is CCO[Si](OCC)(OCC)c1ccc2c(c1)COC(C)(CC)O2. The van der Waals surface area contributed by atoms with Crippen LogP contribution in [0.1, 0.15) is 46.6 Å². The van der Waals surface area contributed by atoms with E-state index < -0.39 is 14.6 Å². The fourth-order valence-corrected chi connectivity index (χ4v) is 5.12. The second-order valence-electron chi connectivity index (χ2n) is 5.56. The minimum atomic E-state index is -2.89. The minimum Gasteiger partial charge on any atom is -0.462 e. The molecule has 23 heavy (non-hydrogen) atoms. The van der Waals surface area contributed by atoms with Crippen LogP contribution in [0.2, 0.25) is 0 Å². The van der Waals surface area contributed by atoms with Crippen molar-refractivity contribution in [3.05, 3.63) is 23.8 Å². The van der Waals surface area contributed by atoms with Crippen molar-refractivity contribution in [1.29, 1.82) is 0 Å². The summed E-state index contributed by atoms with van der Waals surface area (Å²) < 4.78 is 29.7. The number of ether oxygens (including phenoxy) is 2. The summed E-state index contributed by atoms with van der Waals surface area (Å²) in [5, 5.41) is 0.953. The van der Waals surface area contributed by atoms with Gasteiger partial charge in [-0.05, 0) is 32.9 Å². The highest BCUT2D eigenvalue weighted by Gasteiger charge is 2.44. The zero-order chi connectivity index (χ0) is 16.9. The van der Waals surface area contributed by atoms with Crippen molar-refractivity contribution >= 4 is 14.0 Å². The van der Waals surface area contributed by atoms with E-state index in [9.17, 15) is 0 Å². The van der Waals surface area contributed by atoms with Crippen molar-refractivity contribution < 1.29 is 22.8 Å². The average molecular weight is 340 g/mol. The largest absolute Gasteiger partial charge is 0.537 e. The highest BCUT2D eigenvalue weighted by molar-refractivity contribution is 6.75. The van der Waals surface area contributed by atoms with Gasteiger partial charge in [0.1, 0.15) is 5.75 Å². The van der Waals surface area contributed by atoms with Gasteiger partial charge in [-0.2, -0.15) is 0 Å². The number of rotatable bonds is 8. The standard InChI is InChI=1S/C17H28O5Si/c1-6-17(5)18-13-14-12-15(10-11-16(14)22-17)23(19-7-2,20-8-3)21-9-4/h10-12H,6-9,13H2,1-5H3. The molecule has 0 aromatic heterocycles. The van der Waals surface area contributed by atoms with E-state index in [2.05, 4.69) is 6.92 Å². The molecule has 1 heterocycles. The van der Waals surface area contributed by atoms with Crippen LogP contribution in [-0.4, -0.2) is 34.4 Å². The fraction of sp³-hybridized carbons (Fsp3) is 0.647. The average Bonchev–Trinajstić information content (AvgIpc) is 2.55. The Hall–Kier alpha value is -0.923. The van der Waals surface area contributed by atoms with Gasteiger partial charge in [0.15, 0.2) is 0 Å². The molecule has 1 unspecified atom stereocenters. The second-order valence-corrected chi connectivity index (χ2v) is 8.11. The van der Waals surface area contributed by atoms with Crippen LogP contribution >= 0.6 is 0 Å². The van der Waals surface area contributed by atoms with Crippen molar-refractivity contribution in [1.82, 2.24) is 0 Å². The zero-order valence-electron chi connectivity index (χ0n) is 14.8. The number of hydrogen-bond acceptors (Lipinski definition) is 5. The lowest BCUT2D eigenvalue weighted by molar-refractivity contribution is -0.194. The first-order chi connectivity index (χ1) is 11.0. The van der Waals surface area contributed by atoms with Crippen molar-refractivity contribution in [2.75, 3.05) is 19.8 Å². The van der Waals surface area contributed by atoms with E-state index in [-0.39, 0.29) is 0 Å². The van der Waals surface area contributed by atoms with Gasteiger partial charge < -0.3 is 22.8 Å². The topological polar surface area (TPSA) is 46.2 Å². The van der Waals surface area contributed by atoms with E-state index in [1.165, 1.54) is 0 Å². The van der Waals surface area contributed by atoms with Crippen LogP contribution in [0, 0.1) is 0 Å². The molecule has 0 N–H and O–H groups in total. The molecule has 1 aromatic rings. The summed E-state index contributed by atoms with van der Waals surface area (Å²) in [5.41, 5.74) is 1.00. The van der Waals surface area contributed by atoms with Crippen LogP contribution in [0.5, 0.6) is 5.75 Å². The molecule has 0 aliphatic carbocycles. The van der Waals surface area contributed by atoms with E-state index in [4.69, 9.17) is 22.8 Å². The van der Waals surface area contributed by atoms with Gasteiger partial charge in [-0.15, -0.1) is 0 Å². The first kappa shape index (κ1) is 18.4. The van der Waals surface area contributed by atoms with Crippen LogP contribution in [0.3, 0.4) is 0 Å². The highest BCUT2D eigenvalue weighted by atomic mass is 28.4. The van der Waals surface area contributed by atoms with Gasteiger partial charge in [-0.1, -0.05) is 13.0 Å². The Bertz CT molecular complexity index is 505. The van der Waals surface area contributed by atoms with Crippen molar-refractivity contribution in [3.8, 4) is 5.75 Å². The van der Waals surface area contributed by atoms with Crippen molar-refractivity contribution in [2.24, 2.45) is 0 Å². The Labute approximate surface area is 140 Å². The summed E-state index contributed by atoms with van der Waals surface area (Å²) in [6.45, 7) is 12.0. The summed E-state index contributed by atoms with van der Waals surface area (Å²) in [6, 6.07) is 6.01. The number of hydrogen-bond donors (Lipinski definition) is 0. The number of fused-ring (bicyclic) bond motifs is 1. The quantitative estimate of drug-likeness (QED) is 0.681. The third-order valence-electron chi connectivity index (χ3n) is 3.92. The van der Waals surface area contributed by atoms with Crippen molar-refractivity contribution in [3.63, 3.8) is 0 Å². The predicted molar refractivity (Wildman–Crippen MR) is 90.8 cm³/mol. The normalized spacial score (nSPS) is 20.9. The van der Waals surface area contributed by atoms with Crippen LogP contribution < -0.4 is 9.92 Å². The molecule has 0 spiro atoms. The molecule has 1 aliphatic rings. The molecule has 0 radical (unpaired) electrons. The molecule has 0 saturated heterocycles. The molecule has 0 saturated carbocycles. The lowest BCUT2D eigenvalue weighted by Crippen LogP contribution is -2.57. The van der Waals surface area contributed by atoms with Gasteiger partial charge in [-0.3, -0.25) is 0 Å². The van der Waals surface area contributed by atoms with Crippen molar-refractivity contribution in [2.45, 2.75) is 53.4 Å². The summed E-state index contributed by atoms with van der Waals surface area (Å²) in [4.78, 5) is 0. The van der Waals surface area contributed by atoms with Gasteiger partial charge in [0.05, 0.1) is 6.61 Å². The van der Waals surface area contributed by atoms with Gasteiger partial charge >= 0.3 is 8.80 Å². The molecule has 6 heteroatoms. The third kappa shape index (κ3) is 3.95. The van der Waals surface area contributed by atoms with Gasteiger partial charge in [0, 0.05) is 43.9 Å². The van der Waals surface area contributed by atoms with E-state index in [0.29, 0.717) is 26.4 Å². The van der Waals surface area contributed by atoms with Crippen LogP contribution in [0.25, 0.3) is 0 Å². The van der Waals surface area contributed by atoms with E-state index in [1.807, 2.05) is 45.9 Å². The van der Waals surface area contributed by atoms with Crippen LogP contribution in [0.4, 0.5) is 0 Å². The molecule has 0 fully saturated rings. The molecule has 0 bridgehead atoms. The second kappa shape index (κ2) is 7.77. The monoisotopic (exact) mass is 340 g/mol. The van der Waals surface area contributed by atoms with Gasteiger partial charge in [-0.25, -0.2) is 0 Å². The molecule has 1 aromatic carbocycles. The van der Waals surface area contributed by atoms with Crippen LogP contribution in [-0.2, 0) is 24.6 Å².